The summed E-state index contributed by atoms with van der Waals surface area (Å²) in [5, 5.41) is 2.98. The van der Waals surface area contributed by atoms with Gasteiger partial charge >= 0.3 is 0 Å². The molecule has 0 radical (unpaired) electrons. The Morgan fingerprint density at radius 2 is 1.76 bits per heavy atom. The number of carbonyl (C=O) groups excluding carboxylic acids is 2. The molecule has 0 bridgehead atoms. The number of hydrogen-bond acceptors (Lipinski definition) is 3. The molecule has 1 aliphatic rings. The van der Waals surface area contributed by atoms with Crippen molar-refractivity contribution in [3.63, 3.8) is 0 Å². The predicted molar refractivity (Wildman–Crippen MR) is 78.4 cm³/mol. The quantitative estimate of drug-likeness (QED) is 0.789. The van der Waals surface area contributed by atoms with Gasteiger partial charge in [0, 0.05) is 24.9 Å². The Balaban J connectivity index is 1.83. The topological polar surface area (TPSA) is 72.2 Å². The summed E-state index contributed by atoms with van der Waals surface area (Å²) >= 11 is 0. The number of carbonyl (C=O) groups is 2. The monoisotopic (exact) mass is 292 g/mol. The maximum atomic E-state index is 12.8. The van der Waals surface area contributed by atoms with Gasteiger partial charge in [-0.3, -0.25) is 9.59 Å². The molecule has 114 valence electrons. The van der Waals surface area contributed by atoms with E-state index in [4.69, 9.17) is 5.73 Å². The lowest BCUT2D eigenvalue weighted by Gasteiger charge is -2.28. The highest BCUT2D eigenvalue weighted by atomic mass is 19.1. The summed E-state index contributed by atoms with van der Waals surface area (Å²) in [4.78, 5) is 23.9. The van der Waals surface area contributed by atoms with Crippen LogP contribution >= 0.6 is 0 Å². The molecule has 0 aromatic heterocycles. The number of nitrogens with one attached hydrogen (secondary N) is 1. The summed E-state index contributed by atoms with van der Waals surface area (Å²) in [6, 6.07) is 5.37. The van der Waals surface area contributed by atoms with Crippen molar-refractivity contribution in [1.82, 2.24) is 5.32 Å². The molecule has 3 N–H and O–H groups in total. The maximum absolute atomic E-state index is 12.8. The van der Waals surface area contributed by atoms with Crippen LogP contribution in [0.1, 0.15) is 48.9 Å². The van der Waals surface area contributed by atoms with E-state index in [1.54, 1.807) is 0 Å². The van der Waals surface area contributed by atoms with Gasteiger partial charge < -0.3 is 11.1 Å². The molecular formula is C16H21FN2O2. The van der Waals surface area contributed by atoms with E-state index in [0.29, 0.717) is 12.1 Å². The van der Waals surface area contributed by atoms with Gasteiger partial charge in [-0.2, -0.15) is 0 Å². The molecule has 1 amide bonds. The average Bonchev–Trinajstić information content (AvgIpc) is 2.94. The minimum Gasteiger partial charge on any atom is -0.349 e. The second-order valence-corrected chi connectivity index (χ2v) is 5.67. The summed E-state index contributed by atoms with van der Waals surface area (Å²) in [7, 11) is 0. The highest BCUT2D eigenvalue weighted by Crippen LogP contribution is 2.28. The van der Waals surface area contributed by atoms with E-state index in [2.05, 4.69) is 5.32 Å². The normalized spacial score (nSPS) is 16.7. The van der Waals surface area contributed by atoms with Gasteiger partial charge in [0.25, 0.3) is 0 Å². The third-order valence-corrected chi connectivity index (χ3v) is 4.10. The van der Waals surface area contributed by atoms with Crippen LogP contribution in [-0.2, 0) is 4.79 Å². The predicted octanol–water partition coefficient (Wildman–Crippen LogP) is 2.18. The fourth-order valence-corrected chi connectivity index (χ4v) is 2.80. The standard InChI is InChI=1S/C16H21FN2O2/c17-13-5-3-12(4-6-13)14(20)7-8-15(21)19-16(11-18)9-1-2-10-16/h3-6H,1-2,7-11,18H2,(H,19,21). The molecule has 0 spiro atoms. The lowest BCUT2D eigenvalue weighted by atomic mass is 9.97. The Morgan fingerprint density at radius 1 is 1.14 bits per heavy atom. The summed E-state index contributed by atoms with van der Waals surface area (Å²) in [6.07, 6.45) is 4.22. The van der Waals surface area contributed by atoms with Gasteiger partial charge in [0.1, 0.15) is 5.82 Å². The summed E-state index contributed by atoms with van der Waals surface area (Å²) < 4.78 is 12.8. The fraction of sp³-hybridized carbons (Fsp3) is 0.500. The first-order valence-electron chi connectivity index (χ1n) is 7.34. The highest BCUT2D eigenvalue weighted by Gasteiger charge is 2.33. The van der Waals surface area contributed by atoms with Crippen molar-refractivity contribution >= 4 is 11.7 Å². The van der Waals surface area contributed by atoms with E-state index in [-0.39, 0.29) is 35.9 Å². The Morgan fingerprint density at radius 3 is 2.33 bits per heavy atom. The van der Waals surface area contributed by atoms with Crippen LogP contribution < -0.4 is 11.1 Å². The van der Waals surface area contributed by atoms with Gasteiger partial charge in [0.15, 0.2) is 5.78 Å². The van der Waals surface area contributed by atoms with E-state index in [9.17, 15) is 14.0 Å². The minimum atomic E-state index is -0.379. The van der Waals surface area contributed by atoms with Gasteiger partial charge in [-0.25, -0.2) is 4.39 Å². The van der Waals surface area contributed by atoms with Crippen LogP contribution in [0, 0.1) is 5.82 Å². The fourth-order valence-electron chi connectivity index (χ4n) is 2.80. The van der Waals surface area contributed by atoms with Crippen molar-refractivity contribution in [2.24, 2.45) is 5.73 Å². The van der Waals surface area contributed by atoms with Crippen molar-refractivity contribution in [2.45, 2.75) is 44.1 Å². The van der Waals surface area contributed by atoms with E-state index in [0.717, 1.165) is 25.7 Å². The average molecular weight is 292 g/mol. The van der Waals surface area contributed by atoms with Crippen molar-refractivity contribution < 1.29 is 14.0 Å². The Hall–Kier alpha value is -1.75. The summed E-state index contributed by atoms with van der Waals surface area (Å²) in [5.41, 5.74) is 5.91. The van der Waals surface area contributed by atoms with Crippen LogP contribution in [0.15, 0.2) is 24.3 Å². The van der Waals surface area contributed by atoms with Gasteiger partial charge in [-0.1, -0.05) is 12.8 Å². The molecule has 1 aromatic rings. The molecule has 1 fully saturated rings. The highest BCUT2D eigenvalue weighted by molar-refractivity contribution is 5.97. The lowest BCUT2D eigenvalue weighted by molar-refractivity contribution is -0.122. The van der Waals surface area contributed by atoms with Crippen LogP contribution in [0.3, 0.4) is 0 Å². The first-order chi connectivity index (χ1) is 10.0. The molecular weight excluding hydrogens is 271 g/mol. The molecule has 4 nitrogen and oxygen atoms in total. The van der Waals surface area contributed by atoms with Gasteiger partial charge in [0.2, 0.25) is 5.91 Å². The number of hydrogen-bond donors (Lipinski definition) is 2. The second-order valence-electron chi connectivity index (χ2n) is 5.67. The molecule has 2 rings (SSSR count). The Kier molecular flexibility index (Phi) is 5.07. The SMILES string of the molecule is NCC1(NC(=O)CCC(=O)c2ccc(F)cc2)CCCC1. The van der Waals surface area contributed by atoms with Gasteiger partial charge in [0.05, 0.1) is 5.54 Å². The molecule has 0 saturated heterocycles. The number of benzene rings is 1. The molecule has 0 heterocycles. The van der Waals surface area contributed by atoms with E-state index in [1.807, 2.05) is 0 Å². The zero-order valence-electron chi connectivity index (χ0n) is 12.0. The van der Waals surface area contributed by atoms with Crippen LogP contribution in [0.4, 0.5) is 4.39 Å². The molecule has 0 aliphatic heterocycles. The molecule has 1 saturated carbocycles. The van der Waals surface area contributed by atoms with E-state index >= 15 is 0 Å². The van der Waals surface area contributed by atoms with E-state index in [1.165, 1.54) is 24.3 Å². The molecule has 0 atom stereocenters. The van der Waals surface area contributed by atoms with Gasteiger partial charge in [-0.05, 0) is 37.1 Å². The Labute approximate surface area is 123 Å². The molecule has 5 heteroatoms. The van der Waals surface area contributed by atoms with Crippen LogP contribution in [0.2, 0.25) is 0 Å². The van der Waals surface area contributed by atoms with E-state index < -0.39 is 0 Å². The van der Waals surface area contributed by atoms with Crippen LogP contribution in [0.25, 0.3) is 0 Å². The van der Waals surface area contributed by atoms with Crippen molar-refractivity contribution in [2.75, 3.05) is 6.54 Å². The van der Waals surface area contributed by atoms with Gasteiger partial charge in [-0.15, -0.1) is 0 Å². The summed E-state index contributed by atoms with van der Waals surface area (Å²) in [6.45, 7) is 0.435. The summed E-state index contributed by atoms with van der Waals surface area (Å²) in [5.74, 6) is -0.674. The number of rotatable bonds is 6. The number of amides is 1. The number of halogens is 1. The second kappa shape index (κ2) is 6.80. The smallest absolute Gasteiger partial charge is 0.220 e. The third kappa shape index (κ3) is 4.11. The molecule has 0 unspecified atom stereocenters. The zero-order chi connectivity index (χ0) is 15.3. The first-order valence-corrected chi connectivity index (χ1v) is 7.34. The molecule has 21 heavy (non-hydrogen) atoms. The maximum Gasteiger partial charge on any atom is 0.220 e. The molecule has 1 aliphatic carbocycles. The lowest BCUT2D eigenvalue weighted by Crippen LogP contribution is -2.51. The Bertz CT molecular complexity index is 508. The van der Waals surface area contributed by atoms with Crippen LogP contribution in [0.5, 0.6) is 0 Å². The number of nitrogens with two attached hydrogens (primary N) is 1. The zero-order valence-corrected chi connectivity index (χ0v) is 12.0. The van der Waals surface area contributed by atoms with Crippen molar-refractivity contribution in [3.05, 3.63) is 35.6 Å². The number of ketones is 1. The minimum absolute atomic E-state index is 0.123. The molecule has 1 aromatic carbocycles. The van der Waals surface area contributed by atoms with Crippen LogP contribution in [-0.4, -0.2) is 23.8 Å². The first kappa shape index (κ1) is 15.6. The van der Waals surface area contributed by atoms with Crippen molar-refractivity contribution in [1.29, 1.82) is 0 Å². The largest absolute Gasteiger partial charge is 0.349 e. The third-order valence-electron chi connectivity index (χ3n) is 4.10. The van der Waals surface area contributed by atoms with Crippen molar-refractivity contribution in [3.8, 4) is 0 Å². The number of Topliss-reactive ketones (excluding diaryl/α,β-unsaturated/α-hetero) is 1.